The molecule has 2 aliphatic carbocycles. The second-order valence-electron chi connectivity index (χ2n) is 10.5. The van der Waals surface area contributed by atoms with Crippen molar-refractivity contribution in [2.45, 2.75) is 38.0 Å². The number of allylic oxidation sites excluding steroid dienone is 8. The van der Waals surface area contributed by atoms with E-state index in [1.807, 2.05) is 0 Å². The fraction of sp³-hybridized carbons (Fsp3) is 0.158. The van der Waals surface area contributed by atoms with Crippen molar-refractivity contribution >= 4 is 37.1 Å². The Morgan fingerprint density at radius 1 is 0.425 bits per heavy atom. The van der Waals surface area contributed by atoms with Gasteiger partial charge in [-0.1, -0.05) is 159 Å². The summed E-state index contributed by atoms with van der Waals surface area (Å²) in [5.74, 6) is 0. The summed E-state index contributed by atoms with van der Waals surface area (Å²) in [6, 6.07) is 44.7. The lowest BCUT2D eigenvalue weighted by Gasteiger charge is -2.30. The molecule has 0 spiro atoms. The molecule has 6 rings (SSSR count). The lowest BCUT2D eigenvalue weighted by molar-refractivity contribution is 1.06. The molecule has 0 aliphatic heterocycles. The Hall–Kier alpha value is -3.30. The zero-order chi connectivity index (χ0) is 27.3. The first-order chi connectivity index (χ1) is 19.7. The van der Waals surface area contributed by atoms with Crippen molar-refractivity contribution in [3.8, 4) is 0 Å². The van der Waals surface area contributed by atoms with Crippen LogP contribution in [0, 0.1) is 0 Å². The van der Waals surface area contributed by atoms with Crippen LogP contribution in [-0.4, -0.2) is 11.3 Å². The van der Waals surface area contributed by atoms with Gasteiger partial charge in [-0.05, 0) is 72.2 Å². The zero-order valence-corrected chi connectivity index (χ0v) is 25.1. The van der Waals surface area contributed by atoms with Crippen molar-refractivity contribution < 1.29 is 0 Å². The number of hydrogen-bond acceptors (Lipinski definition) is 0. The molecule has 2 atom stereocenters. The molecule has 0 saturated carbocycles. The van der Waals surface area contributed by atoms with E-state index in [9.17, 15) is 0 Å². The minimum atomic E-state index is -0.527. The molecule has 2 heteroatoms. The van der Waals surface area contributed by atoms with Crippen LogP contribution in [0.15, 0.2) is 168 Å². The monoisotopic (exact) mass is 554 g/mol. The minimum Gasteiger partial charge on any atom is -0.0798 e. The van der Waals surface area contributed by atoms with Crippen LogP contribution in [0.2, 0.25) is 0 Å². The van der Waals surface area contributed by atoms with E-state index in [4.69, 9.17) is 0 Å². The van der Waals surface area contributed by atoms with Crippen LogP contribution in [-0.2, 0) is 0 Å². The van der Waals surface area contributed by atoms with Gasteiger partial charge >= 0.3 is 0 Å². The van der Waals surface area contributed by atoms with Crippen LogP contribution in [0.5, 0.6) is 0 Å². The lowest BCUT2D eigenvalue weighted by atomic mass is 9.95. The van der Waals surface area contributed by atoms with Crippen molar-refractivity contribution in [1.29, 1.82) is 0 Å². The minimum absolute atomic E-state index is 0.433. The van der Waals surface area contributed by atoms with Gasteiger partial charge in [-0.2, -0.15) is 0 Å². The Labute approximate surface area is 242 Å². The second-order valence-corrected chi connectivity index (χ2v) is 15.6. The lowest BCUT2D eigenvalue weighted by Crippen LogP contribution is -2.22. The largest absolute Gasteiger partial charge is 0.0798 e. The topological polar surface area (TPSA) is 0 Å². The average Bonchev–Trinajstić information content (AvgIpc) is 3.70. The SMILES string of the molecule is C[C@H](C1=C(C2=C([C@@H](C)P(c3ccccc3)c3ccccc3)C=CC2)CC=C1)P(c1ccccc1)c1ccccc1. The maximum atomic E-state index is 2.46. The second kappa shape index (κ2) is 12.5. The van der Waals surface area contributed by atoms with Crippen molar-refractivity contribution in [3.05, 3.63) is 168 Å². The summed E-state index contributed by atoms with van der Waals surface area (Å²) < 4.78 is 0. The van der Waals surface area contributed by atoms with Gasteiger partial charge in [-0.15, -0.1) is 0 Å². The molecule has 0 N–H and O–H groups in total. The number of hydrogen-bond donors (Lipinski definition) is 0. The normalized spacial score (nSPS) is 16.4. The summed E-state index contributed by atoms with van der Waals surface area (Å²) in [6.07, 6.45) is 11.7. The Balaban J connectivity index is 1.42. The van der Waals surface area contributed by atoms with Gasteiger partial charge in [0.05, 0.1) is 0 Å². The van der Waals surface area contributed by atoms with Gasteiger partial charge in [-0.3, -0.25) is 0 Å². The third-order valence-electron chi connectivity index (χ3n) is 8.11. The van der Waals surface area contributed by atoms with Gasteiger partial charge in [0.1, 0.15) is 0 Å². The number of benzene rings is 4. The van der Waals surface area contributed by atoms with Crippen LogP contribution < -0.4 is 21.2 Å². The van der Waals surface area contributed by atoms with Gasteiger partial charge in [0.2, 0.25) is 0 Å². The molecule has 0 amide bonds. The summed E-state index contributed by atoms with van der Waals surface area (Å²) in [6.45, 7) is 4.92. The molecular weight excluding hydrogens is 518 g/mol. The van der Waals surface area contributed by atoms with E-state index >= 15 is 0 Å². The molecule has 198 valence electrons. The van der Waals surface area contributed by atoms with E-state index in [-0.39, 0.29) is 0 Å². The fourth-order valence-electron chi connectivity index (χ4n) is 6.25. The maximum Gasteiger partial charge on any atom is 0.00965 e. The number of rotatable bonds is 9. The predicted octanol–water partition coefficient (Wildman–Crippen LogP) is 8.54. The van der Waals surface area contributed by atoms with E-state index in [2.05, 4.69) is 159 Å². The van der Waals surface area contributed by atoms with Crippen molar-refractivity contribution in [2.24, 2.45) is 0 Å². The van der Waals surface area contributed by atoms with Crippen LogP contribution in [0.1, 0.15) is 26.7 Å². The average molecular weight is 555 g/mol. The standard InChI is InChI=1S/C38H36P2/c1-29(39(31-17-7-3-8-18-31)32-19-9-4-10-20-32)35-25-15-27-37(35)38-28-16-26-36(38)30(2)40(33-21-11-5-12-22-33)34-23-13-6-14-24-34/h3-26,29-30H,27-28H2,1-2H3/t29-,30-/m1/s1. The summed E-state index contributed by atoms with van der Waals surface area (Å²) in [7, 11) is -1.05. The summed E-state index contributed by atoms with van der Waals surface area (Å²) in [5, 5.41) is 5.80. The Bertz CT molecular complexity index is 1350. The molecule has 0 aromatic heterocycles. The van der Waals surface area contributed by atoms with Crippen LogP contribution in [0.3, 0.4) is 0 Å². The highest BCUT2D eigenvalue weighted by Gasteiger charge is 2.31. The molecule has 4 aromatic carbocycles. The molecular formula is C38H36P2. The molecule has 0 unspecified atom stereocenters. The van der Waals surface area contributed by atoms with E-state index in [0.717, 1.165) is 12.8 Å². The summed E-state index contributed by atoms with van der Waals surface area (Å²) >= 11 is 0. The summed E-state index contributed by atoms with van der Waals surface area (Å²) in [4.78, 5) is 0. The maximum absolute atomic E-state index is 2.46. The molecule has 4 aromatic rings. The van der Waals surface area contributed by atoms with Gasteiger partial charge in [0, 0.05) is 11.3 Å². The van der Waals surface area contributed by atoms with Crippen LogP contribution in [0.4, 0.5) is 0 Å². The van der Waals surface area contributed by atoms with Crippen molar-refractivity contribution in [3.63, 3.8) is 0 Å². The highest BCUT2D eigenvalue weighted by molar-refractivity contribution is 7.74. The molecule has 40 heavy (non-hydrogen) atoms. The Morgan fingerprint density at radius 2 is 0.700 bits per heavy atom. The van der Waals surface area contributed by atoms with Crippen molar-refractivity contribution in [2.75, 3.05) is 0 Å². The zero-order valence-electron chi connectivity index (χ0n) is 23.3. The molecule has 0 fully saturated rings. The quantitative estimate of drug-likeness (QED) is 0.182. The highest BCUT2D eigenvalue weighted by Crippen LogP contribution is 2.50. The Kier molecular flexibility index (Phi) is 8.39. The van der Waals surface area contributed by atoms with Crippen LogP contribution >= 0.6 is 15.8 Å². The van der Waals surface area contributed by atoms with Crippen molar-refractivity contribution in [1.82, 2.24) is 0 Å². The smallest absolute Gasteiger partial charge is 0.00965 e. The van der Waals surface area contributed by atoms with E-state index in [1.54, 1.807) is 11.1 Å². The highest BCUT2D eigenvalue weighted by atomic mass is 31.1. The van der Waals surface area contributed by atoms with Gasteiger partial charge < -0.3 is 0 Å². The molecule has 2 aliphatic rings. The molecule has 0 heterocycles. The first-order valence-electron chi connectivity index (χ1n) is 14.3. The van der Waals surface area contributed by atoms with Gasteiger partial charge in [0.25, 0.3) is 0 Å². The third kappa shape index (κ3) is 5.49. The van der Waals surface area contributed by atoms with Gasteiger partial charge in [0.15, 0.2) is 0 Å². The van der Waals surface area contributed by atoms with Gasteiger partial charge in [-0.25, -0.2) is 0 Å². The molecule has 0 bridgehead atoms. The Morgan fingerprint density at radius 3 is 0.975 bits per heavy atom. The molecule has 0 nitrogen and oxygen atoms in total. The van der Waals surface area contributed by atoms with Crippen LogP contribution in [0.25, 0.3) is 0 Å². The van der Waals surface area contributed by atoms with E-state index < -0.39 is 15.8 Å². The molecule has 0 radical (unpaired) electrons. The van der Waals surface area contributed by atoms with E-state index in [1.165, 1.54) is 32.4 Å². The predicted molar refractivity (Wildman–Crippen MR) is 179 cm³/mol. The summed E-state index contributed by atoms with van der Waals surface area (Å²) in [5.41, 5.74) is 7.06. The first kappa shape index (κ1) is 26.9. The fourth-order valence-corrected chi connectivity index (χ4v) is 11.6. The molecule has 0 saturated heterocycles. The van der Waals surface area contributed by atoms with E-state index in [0.29, 0.717) is 11.3 Å². The third-order valence-corrected chi connectivity index (χ3v) is 13.6. The first-order valence-corrected chi connectivity index (χ1v) is 17.1.